The first-order valence-electron chi connectivity index (χ1n) is 4.04. The fraction of sp³-hybridized carbons (Fsp3) is 0.100. The molecule has 68 valence electrons. The SMILES string of the molecule is N#Cc1cccc(C=CCN=[N+]=[N-])c1. The summed E-state index contributed by atoms with van der Waals surface area (Å²) in [5, 5.41) is 12.0. The van der Waals surface area contributed by atoms with E-state index in [9.17, 15) is 0 Å². The van der Waals surface area contributed by atoms with Crippen molar-refractivity contribution in [3.05, 3.63) is 51.9 Å². The number of azide groups is 1. The van der Waals surface area contributed by atoms with Gasteiger partial charge in [0, 0.05) is 11.5 Å². The lowest BCUT2D eigenvalue weighted by atomic mass is 10.1. The second-order valence-corrected chi connectivity index (χ2v) is 2.55. The van der Waals surface area contributed by atoms with Gasteiger partial charge >= 0.3 is 0 Å². The highest BCUT2D eigenvalue weighted by atomic mass is 15.1. The van der Waals surface area contributed by atoms with E-state index < -0.39 is 0 Å². The minimum absolute atomic E-state index is 0.327. The van der Waals surface area contributed by atoms with Crippen LogP contribution >= 0.6 is 0 Å². The van der Waals surface area contributed by atoms with Gasteiger partial charge in [0.1, 0.15) is 0 Å². The molecule has 0 aliphatic heterocycles. The molecule has 1 aromatic rings. The summed E-state index contributed by atoms with van der Waals surface area (Å²) in [7, 11) is 0. The third-order valence-corrected chi connectivity index (χ3v) is 1.58. The topological polar surface area (TPSA) is 72.5 Å². The fourth-order valence-electron chi connectivity index (χ4n) is 0.984. The minimum atomic E-state index is 0.327. The molecule has 0 unspecified atom stereocenters. The van der Waals surface area contributed by atoms with Gasteiger partial charge in [0.05, 0.1) is 11.6 Å². The molecule has 0 atom stereocenters. The van der Waals surface area contributed by atoms with Crippen molar-refractivity contribution in [1.29, 1.82) is 5.26 Å². The molecule has 0 radical (unpaired) electrons. The van der Waals surface area contributed by atoms with Gasteiger partial charge in [-0.05, 0) is 23.2 Å². The van der Waals surface area contributed by atoms with E-state index in [-0.39, 0.29) is 0 Å². The first-order valence-corrected chi connectivity index (χ1v) is 4.04. The standard InChI is InChI=1S/C10H8N4/c11-8-10-4-1-3-9(7-10)5-2-6-13-14-12/h1-5,7H,6H2. The van der Waals surface area contributed by atoms with Crippen molar-refractivity contribution < 1.29 is 0 Å². The van der Waals surface area contributed by atoms with Crippen molar-refractivity contribution in [2.75, 3.05) is 6.54 Å². The predicted molar refractivity (Wildman–Crippen MR) is 54.2 cm³/mol. The Morgan fingerprint density at radius 1 is 1.57 bits per heavy atom. The summed E-state index contributed by atoms with van der Waals surface area (Å²) in [5.74, 6) is 0. The summed E-state index contributed by atoms with van der Waals surface area (Å²) in [6, 6.07) is 9.26. The average molecular weight is 184 g/mol. The van der Waals surface area contributed by atoms with E-state index in [1.165, 1.54) is 0 Å². The minimum Gasteiger partial charge on any atom is -0.192 e. The summed E-state index contributed by atoms with van der Waals surface area (Å²) >= 11 is 0. The molecule has 4 heteroatoms. The van der Waals surface area contributed by atoms with Gasteiger partial charge in [0.25, 0.3) is 0 Å². The smallest absolute Gasteiger partial charge is 0.0991 e. The summed E-state index contributed by atoms with van der Waals surface area (Å²) < 4.78 is 0. The van der Waals surface area contributed by atoms with Crippen LogP contribution in [0.3, 0.4) is 0 Å². The van der Waals surface area contributed by atoms with Crippen molar-refractivity contribution in [3.8, 4) is 6.07 Å². The molecule has 0 heterocycles. The van der Waals surface area contributed by atoms with Gasteiger partial charge in [0.2, 0.25) is 0 Å². The van der Waals surface area contributed by atoms with Gasteiger partial charge in [-0.3, -0.25) is 0 Å². The third kappa shape index (κ3) is 3.02. The van der Waals surface area contributed by atoms with Crippen LogP contribution in [-0.2, 0) is 0 Å². The van der Waals surface area contributed by atoms with Crippen LogP contribution in [0.5, 0.6) is 0 Å². The Hall–Kier alpha value is -2.24. The Balaban J connectivity index is 2.72. The van der Waals surface area contributed by atoms with Crippen LogP contribution < -0.4 is 0 Å². The number of hydrogen-bond acceptors (Lipinski definition) is 2. The van der Waals surface area contributed by atoms with E-state index in [4.69, 9.17) is 10.8 Å². The van der Waals surface area contributed by atoms with Gasteiger partial charge in [-0.15, -0.1) is 0 Å². The predicted octanol–water partition coefficient (Wildman–Crippen LogP) is 2.88. The quantitative estimate of drug-likeness (QED) is 0.404. The van der Waals surface area contributed by atoms with Gasteiger partial charge in [0.15, 0.2) is 0 Å². The Morgan fingerprint density at radius 2 is 2.43 bits per heavy atom. The molecule has 1 rings (SSSR count). The maximum absolute atomic E-state index is 8.63. The second-order valence-electron chi connectivity index (χ2n) is 2.55. The molecule has 0 fully saturated rings. The van der Waals surface area contributed by atoms with E-state index in [2.05, 4.69) is 16.1 Å². The highest BCUT2D eigenvalue weighted by Gasteiger charge is 1.89. The van der Waals surface area contributed by atoms with Crippen molar-refractivity contribution in [1.82, 2.24) is 0 Å². The van der Waals surface area contributed by atoms with Crippen LogP contribution in [0.1, 0.15) is 11.1 Å². The fourth-order valence-corrected chi connectivity index (χ4v) is 0.984. The molecule has 14 heavy (non-hydrogen) atoms. The zero-order chi connectivity index (χ0) is 10.2. The number of nitrogens with zero attached hydrogens (tertiary/aromatic N) is 4. The van der Waals surface area contributed by atoms with E-state index in [1.54, 1.807) is 18.2 Å². The lowest BCUT2D eigenvalue weighted by Gasteiger charge is -1.92. The number of benzene rings is 1. The molecule has 0 aromatic heterocycles. The molecule has 0 saturated carbocycles. The molecule has 0 aliphatic rings. The van der Waals surface area contributed by atoms with Crippen molar-refractivity contribution in [2.45, 2.75) is 0 Å². The molecule has 1 aromatic carbocycles. The van der Waals surface area contributed by atoms with Crippen LogP contribution in [0.4, 0.5) is 0 Å². The maximum Gasteiger partial charge on any atom is 0.0991 e. The summed E-state index contributed by atoms with van der Waals surface area (Å²) in [6.45, 7) is 0.327. The summed E-state index contributed by atoms with van der Waals surface area (Å²) in [4.78, 5) is 2.62. The van der Waals surface area contributed by atoms with Gasteiger partial charge in [-0.25, -0.2) is 0 Å². The zero-order valence-electron chi connectivity index (χ0n) is 7.46. The molecule has 4 nitrogen and oxygen atoms in total. The summed E-state index contributed by atoms with van der Waals surface area (Å²) in [5.41, 5.74) is 9.58. The molecule has 0 saturated heterocycles. The van der Waals surface area contributed by atoms with Gasteiger partial charge in [-0.2, -0.15) is 5.26 Å². The van der Waals surface area contributed by atoms with Crippen molar-refractivity contribution >= 4 is 6.08 Å². The largest absolute Gasteiger partial charge is 0.192 e. The van der Waals surface area contributed by atoms with Crippen molar-refractivity contribution in [3.63, 3.8) is 0 Å². The Morgan fingerprint density at radius 3 is 3.14 bits per heavy atom. The van der Waals surface area contributed by atoms with Gasteiger partial charge < -0.3 is 0 Å². The molecule has 0 N–H and O–H groups in total. The molecule has 0 spiro atoms. The number of rotatable bonds is 3. The van der Waals surface area contributed by atoms with E-state index in [0.29, 0.717) is 12.1 Å². The highest BCUT2D eigenvalue weighted by molar-refractivity contribution is 5.52. The number of nitriles is 1. The van der Waals surface area contributed by atoms with Crippen LogP contribution in [-0.4, -0.2) is 6.54 Å². The molecule has 0 aliphatic carbocycles. The monoisotopic (exact) mass is 184 g/mol. The second kappa shape index (κ2) is 5.41. The third-order valence-electron chi connectivity index (χ3n) is 1.58. The first kappa shape index (κ1) is 9.85. The maximum atomic E-state index is 8.63. The summed E-state index contributed by atoms with van der Waals surface area (Å²) in [6.07, 6.45) is 3.56. The first-order chi connectivity index (χ1) is 6.86. The van der Waals surface area contributed by atoms with Crippen molar-refractivity contribution in [2.24, 2.45) is 5.11 Å². The van der Waals surface area contributed by atoms with Crippen LogP contribution in [0, 0.1) is 11.3 Å². The van der Waals surface area contributed by atoms with Crippen LogP contribution in [0.2, 0.25) is 0 Å². The average Bonchev–Trinajstić information content (AvgIpc) is 2.25. The lowest BCUT2D eigenvalue weighted by Crippen LogP contribution is -1.76. The Kier molecular flexibility index (Phi) is 3.81. The Bertz CT molecular complexity index is 422. The normalized spacial score (nSPS) is 9.36. The Labute approximate surface area is 81.7 Å². The molecular formula is C10H8N4. The van der Waals surface area contributed by atoms with Gasteiger partial charge in [-0.1, -0.05) is 29.4 Å². The lowest BCUT2D eigenvalue weighted by molar-refractivity contribution is 1.22. The van der Waals surface area contributed by atoms with E-state index in [0.717, 1.165) is 5.56 Å². The molecule has 0 bridgehead atoms. The van der Waals surface area contributed by atoms with Crippen LogP contribution in [0.15, 0.2) is 35.5 Å². The highest BCUT2D eigenvalue weighted by Crippen LogP contribution is 2.05. The molecule has 0 amide bonds. The van der Waals surface area contributed by atoms with E-state index in [1.807, 2.05) is 18.2 Å². The zero-order valence-corrected chi connectivity index (χ0v) is 7.46. The number of hydrogen-bond donors (Lipinski definition) is 0. The van der Waals surface area contributed by atoms with E-state index >= 15 is 0 Å². The molecular weight excluding hydrogens is 176 g/mol. The van der Waals surface area contributed by atoms with Crippen LogP contribution in [0.25, 0.3) is 16.5 Å².